The molecule has 1 aliphatic rings. The maximum absolute atomic E-state index is 12.3. The van der Waals surface area contributed by atoms with Crippen LogP contribution in [0, 0.1) is 0 Å². The van der Waals surface area contributed by atoms with Gasteiger partial charge in [-0.25, -0.2) is 9.97 Å². The number of anilines is 3. The van der Waals surface area contributed by atoms with Crippen LogP contribution in [0.4, 0.5) is 17.3 Å². The lowest BCUT2D eigenvalue weighted by molar-refractivity contribution is -0.120. The minimum Gasteiger partial charge on any atom is -0.376 e. The molecule has 154 valence electrons. The Kier molecular flexibility index (Phi) is 7.11. The van der Waals surface area contributed by atoms with Crippen molar-refractivity contribution < 1.29 is 9.59 Å². The summed E-state index contributed by atoms with van der Waals surface area (Å²) in [4.78, 5) is 34.0. The Morgan fingerprint density at radius 1 is 1.17 bits per heavy atom. The van der Waals surface area contributed by atoms with E-state index >= 15 is 0 Å². The number of hydrogen-bond acceptors (Lipinski definition) is 6. The topological polar surface area (TPSA) is 99.2 Å². The normalized spacial score (nSPS) is 16.2. The van der Waals surface area contributed by atoms with Crippen molar-refractivity contribution in [3.8, 4) is 0 Å². The molecule has 8 nitrogen and oxygen atoms in total. The number of rotatable bonds is 6. The van der Waals surface area contributed by atoms with Gasteiger partial charge in [0.05, 0.1) is 6.54 Å². The fourth-order valence-corrected chi connectivity index (χ4v) is 3.71. The first-order chi connectivity index (χ1) is 13.9. The maximum Gasteiger partial charge on any atom is 0.239 e. The van der Waals surface area contributed by atoms with Gasteiger partial charge in [-0.1, -0.05) is 23.2 Å². The number of amides is 2. The van der Waals surface area contributed by atoms with Gasteiger partial charge in [0, 0.05) is 47.9 Å². The lowest BCUT2D eigenvalue weighted by Crippen LogP contribution is -2.49. The summed E-state index contributed by atoms with van der Waals surface area (Å²) in [6.45, 7) is 3.00. The van der Waals surface area contributed by atoms with E-state index in [0.29, 0.717) is 28.1 Å². The van der Waals surface area contributed by atoms with Crippen LogP contribution >= 0.6 is 23.2 Å². The van der Waals surface area contributed by atoms with Gasteiger partial charge < -0.3 is 20.9 Å². The van der Waals surface area contributed by atoms with Crippen LogP contribution in [0.1, 0.15) is 19.8 Å². The van der Waals surface area contributed by atoms with Gasteiger partial charge in [0.15, 0.2) is 0 Å². The molecule has 3 rings (SSSR count). The van der Waals surface area contributed by atoms with E-state index in [2.05, 4.69) is 30.8 Å². The van der Waals surface area contributed by atoms with E-state index in [0.717, 1.165) is 25.2 Å². The summed E-state index contributed by atoms with van der Waals surface area (Å²) in [5.41, 5.74) is 0.689. The van der Waals surface area contributed by atoms with Crippen molar-refractivity contribution in [1.29, 1.82) is 0 Å². The van der Waals surface area contributed by atoms with Gasteiger partial charge >= 0.3 is 0 Å². The zero-order valence-corrected chi connectivity index (χ0v) is 17.4. The molecular weight excluding hydrogens is 415 g/mol. The Hall–Kier alpha value is -2.58. The molecule has 3 N–H and O–H groups in total. The molecule has 1 saturated heterocycles. The second kappa shape index (κ2) is 9.76. The smallest absolute Gasteiger partial charge is 0.239 e. The molecule has 0 unspecified atom stereocenters. The standard InChI is InChI=1S/C19H22Cl2N6O2/c1-12(28)25-17-8-18(24-11-23-17)27-4-2-3-15(10-27)26-19(29)9-22-16-6-13(20)5-14(21)7-16/h5-8,11,15,22H,2-4,9-10H2,1H3,(H,26,29)(H,23,24,25,28)/t15-/m1/s1. The number of piperidine rings is 1. The predicted octanol–water partition coefficient (Wildman–Crippen LogP) is 2.94. The Balaban J connectivity index is 1.54. The number of hydrogen-bond donors (Lipinski definition) is 3. The highest BCUT2D eigenvalue weighted by atomic mass is 35.5. The minimum absolute atomic E-state index is 0.000167. The Bertz CT molecular complexity index is 875. The van der Waals surface area contributed by atoms with Crippen molar-refractivity contribution in [3.63, 3.8) is 0 Å². The Morgan fingerprint density at radius 3 is 2.66 bits per heavy atom. The van der Waals surface area contributed by atoms with Crippen LogP contribution < -0.4 is 20.9 Å². The molecule has 2 aromatic rings. The Morgan fingerprint density at radius 2 is 1.93 bits per heavy atom. The SMILES string of the molecule is CC(=O)Nc1cc(N2CCC[C@@H](NC(=O)CNc3cc(Cl)cc(Cl)c3)C2)ncn1. The number of halogens is 2. The quantitative estimate of drug-likeness (QED) is 0.643. The summed E-state index contributed by atoms with van der Waals surface area (Å²) in [7, 11) is 0. The van der Waals surface area contributed by atoms with E-state index in [4.69, 9.17) is 23.2 Å². The van der Waals surface area contributed by atoms with Gasteiger partial charge in [-0.2, -0.15) is 0 Å². The summed E-state index contributed by atoms with van der Waals surface area (Å²) in [6, 6.07) is 6.79. The highest BCUT2D eigenvalue weighted by molar-refractivity contribution is 6.35. The van der Waals surface area contributed by atoms with Gasteiger partial charge in [0.1, 0.15) is 18.0 Å². The number of carbonyl (C=O) groups is 2. The fraction of sp³-hybridized carbons (Fsp3) is 0.368. The maximum atomic E-state index is 12.3. The first-order valence-corrected chi connectivity index (χ1v) is 9.98. The molecule has 1 aromatic heterocycles. The van der Waals surface area contributed by atoms with Gasteiger partial charge in [-0.05, 0) is 31.0 Å². The van der Waals surface area contributed by atoms with Crippen molar-refractivity contribution in [2.24, 2.45) is 0 Å². The van der Waals surface area contributed by atoms with Crippen LogP contribution in [-0.4, -0.2) is 47.5 Å². The van der Waals surface area contributed by atoms with E-state index in [1.165, 1.54) is 13.3 Å². The van der Waals surface area contributed by atoms with Crippen LogP contribution in [0.25, 0.3) is 0 Å². The van der Waals surface area contributed by atoms with Crippen LogP contribution in [0.2, 0.25) is 10.0 Å². The summed E-state index contributed by atoms with van der Waals surface area (Å²) >= 11 is 11.9. The molecule has 1 aromatic carbocycles. The third kappa shape index (κ3) is 6.47. The molecule has 1 aliphatic heterocycles. The monoisotopic (exact) mass is 436 g/mol. The highest BCUT2D eigenvalue weighted by Gasteiger charge is 2.22. The lowest BCUT2D eigenvalue weighted by atomic mass is 10.1. The molecule has 0 spiro atoms. The van der Waals surface area contributed by atoms with E-state index in [9.17, 15) is 9.59 Å². The van der Waals surface area contributed by atoms with Gasteiger partial charge in [-0.3, -0.25) is 9.59 Å². The molecule has 0 radical (unpaired) electrons. The van der Waals surface area contributed by atoms with E-state index in [1.807, 2.05) is 0 Å². The predicted molar refractivity (Wildman–Crippen MR) is 115 cm³/mol. The zero-order chi connectivity index (χ0) is 20.8. The summed E-state index contributed by atoms with van der Waals surface area (Å²) in [5.74, 6) is 0.869. The number of benzene rings is 1. The first kappa shape index (κ1) is 21.1. The van der Waals surface area contributed by atoms with Crippen LogP contribution in [0.3, 0.4) is 0 Å². The summed E-state index contributed by atoms with van der Waals surface area (Å²) < 4.78 is 0. The van der Waals surface area contributed by atoms with E-state index < -0.39 is 0 Å². The molecule has 2 amide bonds. The largest absolute Gasteiger partial charge is 0.376 e. The molecule has 1 fully saturated rings. The second-order valence-corrected chi connectivity index (χ2v) is 7.68. The zero-order valence-electron chi connectivity index (χ0n) is 15.9. The first-order valence-electron chi connectivity index (χ1n) is 9.23. The average Bonchev–Trinajstić information content (AvgIpc) is 2.66. The van der Waals surface area contributed by atoms with Crippen LogP contribution in [0.15, 0.2) is 30.6 Å². The van der Waals surface area contributed by atoms with Gasteiger partial charge in [0.25, 0.3) is 0 Å². The third-order valence-corrected chi connectivity index (χ3v) is 4.82. The molecule has 0 saturated carbocycles. The van der Waals surface area contributed by atoms with Crippen LogP contribution in [-0.2, 0) is 9.59 Å². The van der Waals surface area contributed by atoms with E-state index in [-0.39, 0.29) is 24.4 Å². The summed E-state index contributed by atoms with van der Waals surface area (Å²) in [6.07, 6.45) is 3.22. The van der Waals surface area contributed by atoms with Gasteiger partial charge in [0.2, 0.25) is 11.8 Å². The molecule has 10 heteroatoms. The highest BCUT2D eigenvalue weighted by Crippen LogP contribution is 2.22. The molecule has 1 atom stereocenters. The van der Waals surface area contributed by atoms with Crippen molar-refractivity contribution in [2.75, 3.05) is 35.2 Å². The number of nitrogens with one attached hydrogen (secondary N) is 3. The molecular formula is C19H22Cl2N6O2. The minimum atomic E-state index is -0.188. The lowest BCUT2D eigenvalue weighted by Gasteiger charge is -2.34. The third-order valence-electron chi connectivity index (χ3n) is 4.38. The number of aromatic nitrogens is 2. The van der Waals surface area contributed by atoms with Crippen LogP contribution in [0.5, 0.6) is 0 Å². The van der Waals surface area contributed by atoms with E-state index in [1.54, 1.807) is 24.3 Å². The molecule has 0 aliphatic carbocycles. The Labute approximate surface area is 179 Å². The second-order valence-electron chi connectivity index (χ2n) is 6.81. The number of nitrogens with zero attached hydrogens (tertiary/aromatic N) is 3. The van der Waals surface area contributed by atoms with Gasteiger partial charge in [-0.15, -0.1) is 0 Å². The molecule has 2 heterocycles. The van der Waals surface area contributed by atoms with Crippen molar-refractivity contribution in [1.82, 2.24) is 15.3 Å². The van der Waals surface area contributed by atoms with Crippen molar-refractivity contribution in [3.05, 3.63) is 40.6 Å². The van der Waals surface area contributed by atoms with Crippen molar-refractivity contribution in [2.45, 2.75) is 25.8 Å². The fourth-order valence-electron chi connectivity index (χ4n) is 3.19. The molecule has 0 bridgehead atoms. The average molecular weight is 437 g/mol. The summed E-state index contributed by atoms with van der Waals surface area (Å²) in [5, 5.41) is 9.74. The number of carbonyl (C=O) groups excluding carboxylic acids is 2. The van der Waals surface area contributed by atoms with Crippen molar-refractivity contribution >= 4 is 52.3 Å². The molecule has 29 heavy (non-hydrogen) atoms.